The molecule has 2 aromatic heterocycles. The molecule has 0 aliphatic carbocycles. The second-order valence-corrected chi connectivity index (χ2v) is 5.52. The molecule has 5 nitrogen and oxygen atoms in total. The lowest BCUT2D eigenvalue weighted by molar-refractivity contribution is 0.311. The number of aliphatic hydroxyl groups excluding tert-OH is 1. The molecular formula is C16H17N3O2S. The van der Waals surface area contributed by atoms with Crippen LogP contribution >= 0.6 is 11.3 Å². The van der Waals surface area contributed by atoms with Gasteiger partial charge in [-0.3, -0.25) is 0 Å². The number of anilines is 1. The summed E-state index contributed by atoms with van der Waals surface area (Å²) in [6.45, 7) is 3.15. The second kappa shape index (κ2) is 6.72. The highest BCUT2D eigenvalue weighted by molar-refractivity contribution is 7.17. The Morgan fingerprint density at radius 3 is 2.77 bits per heavy atom. The summed E-state index contributed by atoms with van der Waals surface area (Å²) in [7, 11) is 0. The normalized spacial score (nSPS) is 10.8. The van der Waals surface area contributed by atoms with E-state index < -0.39 is 0 Å². The van der Waals surface area contributed by atoms with Crippen molar-refractivity contribution < 1.29 is 9.84 Å². The smallest absolute Gasteiger partial charge is 0.138 e. The van der Waals surface area contributed by atoms with Crippen LogP contribution in [0.4, 0.5) is 5.82 Å². The standard InChI is InChI=1S/C16H17N3O2S/c1-2-21-12-5-3-11(4-6-12)13-9-22-16-14(13)15(17-7-8-20)18-10-19-16/h3-6,9-10,20H,2,7-8H2,1H3,(H,17,18,19). The molecule has 2 heterocycles. The number of ether oxygens (including phenoxy) is 1. The highest BCUT2D eigenvalue weighted by Crippen LogP contribution is 2.36. The Kier molecular flexibility index (Phi) is 4.50. The van der Waals surface area contributed by atoms with Crippen molar-refractivity contribution in [3.63, 3.8) is 0 Å². The van der Waals surface area contributed by atoms with E-state index in [1.54, 1.807) is 17.7 Å². The number of fused-ring (bicyclic) bond motifs is 1. The van der Waals surface area contributed by atoms with E-state index in [0.29, 0.717) is 13.2 Å². The molecule has 0 spiro atoms. The SMILES string of the molecule is CCOc1ccc(-c2csc3ncnc(NCCO)c23)cc1. The summed E-state index contributed by atoms with van der Waals surface area (Å²) in [4.78, 5) is 9.55. The first-order valence-corrected chi connectivity index (χ1v) is 8.01. The van der Waals surface area contributed by atoms with Gasteiger partial charge < -0.3 is 15.2 Å². The predicted octanol–water partition coefficient (Wildman–Crippen LogP) is 3.16. The van der Waals surface area contributed by atoms with E-state index in [9.17, 15) is 0 Å². The largest absolute Gasteiger partial charge is 0.494 e. The molecule has 2 N–H and O–H groups in total. The summed E-state index contributed by atoms with van der Waals surface area (Å²) in [5.74, 6) is 1.62. The monoisotopic (exact) mass is 315 g/mol. The minimum atomic E-state index is 0.0635. The number of nitrogens with zero attached hydrogens (tertiary/aromatic N) is 2. The summed E-state index contributed by atoms with van der Waals surface area (Å²) in [6.07, 6.45) is 1.54. The van der Waals surface area contributed by atoms with Crippen LogP contribution < -0.4 is 10.1 Å². The molecule has 0 aliphatic heterocycles. The third-order valence-corrected chi connectivity index (χ3v) is 4.14. The van der Waals surface area contributed by atoms with Crippen molar-refractivity contribution in [2.75, 3.05) is 25.1 Å². The molecule has 0 fully saturated rings. The van der Waals surface area contributed by atoms with Crippen LogP contribution in [0, 0.1) is 0 Å². The number of benzene rings is 1. The first-order valence-electron chi connectivity index (χ1n) is 7.13. The van der Waals surface area contributed by atoms with Gasteiger partial charge in [0.05, 0.1) is 18.6 Å². The van der Waals surface area contributed by atoms with Crippen LogP contribution in [-0.4, -0.2) is 34.8 Å². The fourth-order valence-corrected chi connectivity index (χ4v) is 3.21. The molecule has 1 aromatic carbocycles. The van der Waals surface area contributed by atoms with Crippen LogP contribution in [0.15, 0.2) is 36.0 Å². The quantitative estimate of drug-likeness (QED) is 0.731. The van der Waals surface area contributed by atoms with E-state index in [4.69, 9.17) is 9.84 Å². The van der Waals surface area contributed by atoms with Crippen molar-refractivity contribution in [2.24, 2.45) is 0 Å². The van der Waals surface area contributed by atoms with Crippen molar-refractivity contribution >= 4 is 27.4 Å². The minimum absolute atomic E-state index is 0.0635. The topological polar surface area (TPSA) is 67.3 Å². The zero-order chi connectivity index (χ0) is 15.4. The molecule has 0 saturated heterocycles. The van der Waals surface area contributed by atoms with E-state index in [2.05, 4.69) is 20.7 Å². The van der Waals surface area contributed by atoms with Gasteiger partial charge in [0.1, 0.15) is 22.7 Å². The first-order chi connectivity index (χ1) is 10.8. The third-order valence-electron chi connectivity index (χ3n) is 3.25. The number of thiophene rings is 1. The van der Waals surface area contributed by atoms with Crippen LogP contribution in [0.2, 0.25) is 0 Å². The zero-order valence-corrected chi connectivity index (χ0v) is 13.1. The number of nitrogens with one attached hydrogen (secondary N) is 1. The summed E-state index contributed by atoms with van der Waals surface area (Å²) >= 11 is 1.59. The van der Waals surface area contributed by atoms with Gasteiger partial charge >= 0.3 is 0 Å². The van der Waals surface area contributed by atoms with Gasteiger partial charge in [-0.1, -0.05) is 12.1 Å². The Balaban J connectivity index is 2.02. The molecule has 0 atom stereocenters. The van der Waals surface area contributed by atoms with Crippen LogP contribution in [0.3, 0.4) is 0 Å². The van der Waals surface area contributed by atoms with Gasteiger partial charge in [0.2, 0.25) is 0 Å². The van der Waals surface area contributed by atoms with Crippen LogP contribution in [-0.2, 0) is 0 Å². The maximum Gasteiger partial charge on any atom is 0.138 e. The Morgan fingerprint density at radius 2 is 2.05 bits per heavy atom. The lowest BCUT2D eigenvalue weighted by Crippen LogP contribution is -2.07. The lowest BCUT2D eigenvalue weighted by atomic mass is 10.1. The molecule has 3 rings (SSSR count). The fourth-order valence-electron chi connectivity index (χ4n) is 2.29. The van der Waals surface area contributed by atoms with E-state index in [0.717, 1.165) is 32.9 Å². The van der Waals surface area contributed by atoms with Crippen LogP contribution in [0.5, 0.6) is 5.75 Å². The number of rotatable bonds is 6. The first kappa shape index (κ1) is 14.7. The molecule has 6 heteroatoms. The second-order valence-electron chi connectivity index (χ2n) is 4.66. The van der Waals surface area contributed by atoms with Crippen molar-refractivity contribution in [2.45, 2.75) is 6.92 Å². The van der Waals surface area contributed by atoms with E-state index >= 15 is 0 Å². The summed E-state index contributed by atoms with van der Waals surface area (Å²) < 4.78 is 5.48. The summed E-state index contributed by atoms with van der Waals surface area (Å²) in [5, 5.41) is 15.2. The molecule has 114 valence electrons. The van der Waals surface area contributed by atoms with Crippen LogP contribution in [0.25, 0.3) is 21.3 Å². The molecular weight excluding hydrogens is 298 g/mol. The van der Waals surface area contributed by atoms with Gasteiger partial charge in [-0.25, -0.2) is 9.97 Å². The average molecular weight is 315 g/mol. The molecule has 3 aromatic rings. The zero-order valence-electron chi connectivity index (χ0n) is 12.2. The maximum atomic E-state index is 9.00. The molecule has 0 bridgehead atoms. The van der Waals surface area contributed by atoms with Gasteiger partial charge in [0.15, 0.2) is 0 Å². The lowest BCUT2D eigenvalue weighted by Gasteiger charge is -2.08. The van der Waals surface area contributed by atoms with Gasteiger partial charge in [-0.2, -0.15) is 0 Å². The molecule has 22 heavy (non-hydrogen) atoms. The predicted molar refractivity (Wildman–Crippen MR) is 89.6 cm³/mol. The molecule has 0 aliphatic rings. The summed E-state index contributed by atoms with van der Waals surface area (Å²) in [6, 6.07) is 8.00. The Morgan fingerprint density at radius 1 is 1.23 bits per heavy atom. The molecule has 0 radical (unpaired) electrons. The van der Waals surface area contributed by atoms with Gasteiger partial charge in [0, 0.05) is 17.5 Å². The minimum Gasteiger partial charge on any atom is -0.494 e. The van der Waals surface area contributed by atoms with Crippen molar-refractivity contribution in [1.29, 1.82) is 0 Å². The number of aromatic nitrogens is 2. The Bertz CT molecular complexity index is 756. The number of hydrogen-bond donors (Lipinski definition) is 2. The molecule has 0 unspecified atom stereocenters. The molecule has 0 saturated carbocycles. The molecule has 0 amide bonds. The average Bonchev–Trinajstić information content (AvgIpc) is 2.99. The number of aliphatic hydroxyl groups is 1. The Labute approximate surface area is 132 Å². The number of hydrogen-bond acceptors (Lipinski definition) is 6. The Hall–Kier alpha value is -2.18. The third kappa shape index (κ3) is 2.88. The fraction of sp³-hybridized carbons (Fsp3) is 0.250. The highest BCUT2D eigenvalue weighted by Gasteiger charge is 2.12. The van der Waals surface area contributed by atoms with Gasteiger partial charge in [-0.05, 0) is 24.6 Å². The van der Waals surface area contributed by atoms with Crippen molar-refractivity contribution in [1.82, 2.24) is 9.97 Å². The van der Waals surface area contributed by atoms with E-state index in [-0.39, 0.29) is 6.61 Å². The summed E-state index contributed by atoms with van der Waals surface area (Å²) in [5.41, 5.74) is 2.18. The van der Waals surface area contributed by atoms with Gasteiger partial charge in [0.25, 0.3) is 0 Å². The van der Waals surface area contributed by atoms with E-state index in [1.807, 2.05) is 31.2 Å². The maximum absolute atomic E-state index is 9.00. The van der Waals surface area contributed by atoms with Crippen molar-refractivity contribution in [3.8, 4) is 16.9 Å². The van der Waals surface area contributed by atoms with Crippen LogP contribution in [0.1, 0.15) is 6.92 Å². The highest BCUT2D eigenvalue weighted by atomic mass is 32.1. The van der Waals surface area contributed by atoms with Crippen molar-refractivity contribution in [3.05, 3.63) is 36.0 Å². The van der Waals surface area contributed by atoms with E-state index in [1.165, 1.54) is 0 Å². The van der Waals surface area contributed by atoms with Gasteiger partial charge in [-0.15, -0.1) is 11.3 Å².